The van der Waals surface area contributed by atoms with Crippen molar-refractivity contribution >= 4 is 36.5 Å². The van der Waals surface area contributed by atoms with Crippen molar-refractivity contribution in [3.05, 3.63) is 99.1 Å². The van der Waals surface area contributed by atoms with Gasteiger partial charge in [0, 0.05) is 46.7 Å². The second kappa shape index (κ2) is 13.7. The minimum atomic E-state index is -1.60. The molecule has 4 aliphatic rings. The molecule has 216 valence electrons. The van der Waals surface area contributed by atoms with E-state index in [0.29, 0.717) is 23.9 Å². The average molecular weight is 675 g/mol. The number of hydrogen-bond acceptors (Lipinski definition) is 2. The van der Waals surface area contributed by atoms with Crippen LogP contribution in [0.4, 0.5) is 11.4 Å². The predicted octanol–water partition coefficient (Wildman–Crippen LogP) is 10.6. The number of halogens is 2. The van der Waals surface area contributed by atoms with Crippen LogP contribution in [-0.2, 0) is 20.8 Å². The fraction of sp³-hybridized carbons (Fsp3) is 0.471. The first-order chi connectivity index (χ1) is 18.2. The molecular formula is C34H48Cl2N2SiZr. The van der Waals surface area contributed by atoms with Gasteiger partial charge in [0.15, 0.2) is 0 Å². The van der Waals surface area contributed by atoms with Crippen molar-refractivity contribution in [1.82, 2.24) is 0 Å². The molecule has 2 nitrogen and oxygen atoms in total. The summed E-state index contributed by atoms with van der Waals surface area (Å²) in [7, 11) is 8.27. The molecule has 2 saturated carbocycles. The molecule has 6 rings (SSSR count). The molecule has 0 bridgehead atoms. The van der Waals surface area contributed by atoms with Crippen LogP contribution in [0.1, 0.15) is 40.5 Å². The standard InChI is InChI=1S/C32H42N2Si.2CH3.2ClH.Zr/c1-21-17-29-27(19-23(3)33(29)25-13-9-7-10-14-25)31(21)35(5,6)32-22(2)18-30-28(32)20-24(4)34(30)26-15-11-8-12-16-26;;;;;/h7-16,19-22,27-32H,17-18H2,1-6H3;2*1H3;2*1H;/q;2*-1;;;+4/p-2. The number of allylic oxidation sites excluding steroid dienone is 2. The first-order valence-electron chi connectivity index (χ1n) is 14.2. The van der Waals surface area contributed by atoms with Crippen LogP contribution in [0.3, 0.4) is 0 Å². The molecule has 0 saturated heterocycles. The van der Waals surface area contributed by atoms with E-state index in [9.17, 15) is 0 Å². The maximum absolute atomic E-state index is 4.93. The van der Waals surface area contributed by atoms with Crippen LogP contribution in [0, 0.1) is 38.5 Å². The van der Waals surface area contributed by atoms with Crippen molar-refractivity contribution in [2.24, 2.45) is 23.7 Å². The van der Waals surface area contributed by atoms with E-state index >= 15 is 0 Å². The van der Waals surface area contributed by atoms with Gasteiger partial charge in [-0.15, -0.1) is 0 Å². The summed E-state index contributed by atoms with van der Waals surface area (Å²) in [6.07, 6.45) is 8.00. The van der Waals surface area contributed by atoms with Gasteiger partial charge in [0.25, 0.3) is 0 Å². The molecule has 2 aromatic rings. The SMILES string of the molecule is CC1=CC2C(CC(C)C2[Si](C)(C)C2C(C)CC3C2C=C(C)N3c2ccccc2)N1c1ccccc1.[CH3-].[CH3-].[Cl][Zr+2][Cl]. The summed E-state index contributed by atoms with van der Waals surface area (Å²) in [5, 5.41) is 0. The van der Waals surface area contributed by atoms with Gasteiger partial charge in [-0.1, -0.05) is 75.5 Å². The van der Waals surface area contributed by atoms with Gasteiger partial charge in [-0.25, -0.2) is 0 Å². The Labute approximate surface area is 264 Å². The maximum atomic E-state index is 4.93. The van der Waals surface area contributed by atoms with Crippen molar-refractivity contribution < 1.29 is 20.8 Å². The van der Waals surface area contributed by atoms with Crippen molar-refractivity contribution in [3.8, 4) is 0 Å². The zero-order chi connectivity index (χ0) is 27.2. The van der Waals surface area contributed by atoms with Crippen LogP contribution in [0.5, 0.6) is 0 Å². The van der Waals surface area contributed by atoms with Gasteiger partial charge in [0.1, 0.15) is 0 Å². The minimum absolute atomic E-state index is 0. The number of rotatable bonds is 4. The van der Waals surface area contributed by atoms with Gasteiger partial charge < -0.3 is 24.7 Å². The Morgan fingerprint density at radius 2 is 1.00 bits per heavy atom. The van der Waals surface area contributed by atoms with Gasteiger partial charge in [0.05, 0.1) is 8.07 Å². The van der Waals surface area contributed by atoms with Crippen LogP contribution < -0.4 is 9.80 Å². The Morgan fingerprint density at radius 3 is 1.32 bits per heavy atom. The fourth-order valence-electron chi connectivity index (χ4n) is 9.48. The molecule has 0 spiro atoms. The molecule has 2 aliphatic carbocycles. The van der Waals surface area contributed by atoms with Gasteiger partial charge in [0.2, 0.25) is 0 Å². The number of nitrogens with zero attached hydrogens (tertiary/aromatic N) is 2. The molecule has 2 heterocycles. The van der Waals surface area contributed by atoms with E-state index in [1.54, 1.807) is 0 Å². The molecule has 8 atom stereocenters. The topological polar surface area (TPSA) is 6.48 Å². The molecule has 0 radical (unpaired) electrons. The number of hydrogen-bond donors (Lipinski definition) is 0. The number of benzene rings is 2. The van der Waals surface area contributed by atoms with Crippen LogP contribution in [0.2, 0.25) is 24.2 Å². The van der Waals surface area contributed by atoms with E-state index in [-0.39, 0.29) is 14.9 Å². The Bertz CT molecular complexity index is 1080. The first kappa shape index (κ1) is 33.7. The second-order valence-electron chi connectivity index (χ2n) is 12.7. The van der Waals surface area contributed by atoms with Crippen LogP contribution >= 0.6 is 17.0 Å². The summed E-state index contributed by atoms with van der Waals surface area (Å²) in [6.45, 7) is 15.4. The molecule has 40 heavy (non-hydrogen) atoms. The Balaban J connectivity index is 0.000000846. The van der Waals surface area contributed by atoms with Crippen molar-refractivity contribution in [2.75, 3.05) is 9.80 Å². The van der Waals surface area contributed by atoms with Gasteiger partial charge in [-0.2, -0.15) is 0 Å². The second-order valence-corrected chi connectivity index (χ2v) is 21.4. The number of anilines is 2. The Morgan fingerprint density at radius 1 is 0.675 bits per heavy atom. The molecule has 2 aromatic carbocycles. The Hall–Kier alpha value is -0.800. The van der Waals surface area contributed by atoms with Gasteiger partial charge in [-0.05, 0) is 73.9 Å². The zero-order valence-electron chi connectivity index (χ0n) is 25.6. The molecule has 6 heteroatoms. The Kier molecular flexibility index (Phi) is 11.5. The number of para-hydroxylation sites is 2. The third-order valence-electron chi connectivity index (χ3n) is 10.2. The van der Waals surface area contributed by atoms with Crippen LogP contribution in [-0.4, -0.2) is 20.2 Å². The van der Waals surface area contributed by atoms with Crippen LogP contribution in [0.25, 0.3) is 0 Å². The van der Waals surface area contributed by atoms with Crippen molar-refractivity contribution in [3.63, 3.8) is 0 Å². The molecule has 0 N–H and O–H groups in total. The van der Waals surface area contributed by atoms with Gasteiger partial charge >= 0.3 is 37.9 Å². The molecule has 2 aliphatic heterocycles. The molecular weight excluding hydrogens is 627 g/mol. The van der Waals surface area contributed by atoms with E-state index in [2.05, 4.69) is 123 Å². The van der Waals surface area contributed by atoms with E-state index in [4.69, 9.17) is 17.0 Å². The molecule has 0 aromatic heterocycles. The molecule has 0 amide bonds. The number of fused-ring (bicyclic) bond motifs is 2. The summed E-state index contributed by atoms with van der Waals surface area (Å²) in [6, 6.07) is 23.5. The van der Waals surface area contributed by atoms with Gasteiger partial charge in [-0.3, -0.25) is 0 Å². The van der Waals surface area contributed by atoms with Crippen LogP contribution in [0.15, 0.2) is 84.2 Å². The average Bonchev–Trinajstić information content (AvgIpc) is 3.56. The quantitative estimate of drug-likeness (QED) is 0.235. The van der Waals surface area contributed by atoms with E-state index < -0.39 is 28.9 Å². The monoisotopic (exact) mass is 672 g/mol. The van der Waals surface area contributed by atoms with E-state index in [1.165, 1.54) is 35.6 Å². The predicted molar refractivity (Wildman–Crippen MR) is 177 cm³/mol. The van der Waals surface area contributed by atoms with E-state index in [1.807, 2.05) is 0 Å². The molecule has 8 unspecified atom stereocenters. The summed E-state index contributed by atoms with van der Waals surface area (Å²) in [5.74, 6) is 3.00. The third-order valence-corrected chi connectivity index (χ3v) is 15.6. The van der Waals surface area contributed by atoms with E-state index in [0.717, 1.165) is 22.9 Å². The fourth-order valence-corrected chi connectivity index (χ4v) is 15.8. The van der Waals surface area contributed by atoms with Crippen molar-refractivity contribution in [1.29, 1.82) is 0 Å². The summed E-state index contributed by atoms with van der Waals surface area (Å²) in [5.41, 5.74) is 7.39. The third kappa shape index (κ3) is 5.86. The summed E-state index contributed by atoms with van der Waals surface area (Å²) < 4.78 is 0. The first-order valence-corrected chi connectivity index (χ1v) is 23.7. The zero-order valence-corrected chi connectivity index (χ0v) is 30.6. The summed E-state index contributed by atoms with van der Waals surface area (Å²) >= 11 is -0.826. The molecule has 2 fully saturated rings. The van der Waals surface area contributed by atoms with Crippen molar-refractivity contribution in [2.45, 2.75) is 76.8 Å². The summed E-state index contributed by atoms with van der Waals surface area (Å²) in [4.78, 5) is 5.34. The normalized spacial score (nSPS) is 32.0.